The van der Waals surface area contributed by atoms with Crippen LogP contribution in [0, 0.1) is 0 Å². The van der Waals surface area contributed by atoms with Crippen molar-refractivity contribution in [2.45, 2.75) is 0 Å². The topological polar surface area (TPSA) is 97.7 Å². The number of hydrogen-bond acceptors (Lipinski definition) is 5. The molecule has 9 heteroatoms. The molecule has 0 aliphatic carbocycles. The van der Waals surface area contributed by atoms with Gasteiger partial charge in [-0.15, -0.1) is 3.63 Å². The lowest BCUT2D eigenvalue weighted by atomic mass is 15.8. The second-order valence-corrected chi connectivity index (χ2v) is 5.45. The zero-order chi connectivity index (χ0) is 7.71. The Morgan fingerprint density at radius 2 is 1.56 bits per heavy atom. The van der Waals surface area contributed by atoms with E-state index in [2.05, 4.69) is 3.63 Å². The van der Waals surface area contributed by atoms with Gasteiger partial charge in [-0.1, -0.05) is 0 Å². The van der Waals surface area contributed by atoms with E-state index in [4.69, 9.17) is 4.55 Å². The highest BCUT2D eigenvalue weighted by Crippen LogP contribution is 2.04. The summed E-state index contributed by atoms with van der Waals surface area (Å²) in [6.07, 6.45) is 0. The Morgan fingerprint density at radius 1 is 1.22 bits per heavy atom. The van der Waals surface area contributed by atoms with Gasteiger partial charge in [0.1, 0.15) is 0 Å². The maximum absolute atomic E-state index is 9.80. The van der Waals surface area contributed by atoms with Gasteiger partial charge in [0, 0.05) is 0 Å². The van der Waals surface area contributed by atoms with Crippen molar-refractivity contribution in [2.24, 2.45) is 0 Å². The van der Waals surface area contributed by atoms with Crippen LogP contribution < -0.4 is 0 Å². The highest BCUT2D eigenvalue weighted by molar-refractivity contribution is 9.47. The van der Waals surface area contributed by atoms with Gasteiger partial charge in [-0.05, 0) is 0 Å². The van der Waals surface area contributed by atoms with Crippen LogP contribution in [0.25, 0.3) is 0 Å². The predicted octanol–water partition coefficient (Wildman–Crippen LogP) is -0.554. The molecule has 0 amide bonds. The lowest BCUT2D eigenvalue weighted by Gasteiger charge is -1.89. The van der Waals surface area contributed by atoms with E-state index in [1.54, 1.807) is 0 Å². The Hall–Kier alpha value is 0.300. The summed E-state index contributed by atoms with van der Waals surface area (Å²) in [5, 5.41) is 0. The van der Waals surface area contributed by atoms with Gasteiger partial charge in [-0.25, -0.2) is 0 Å². The Kier molecular flexibility index (Phi) is 2.58. The number of rotatable bonds is 2. The van der Waals surface area contributed by atoms with E-state index in [-0.39, 0.29) is 0 Å². The fourth-order valence-corrected chi connectivity index (χ4v) is 2.15. The van der Waals surface area contributed by atoms with Crippen molar-refractivity contribution in [1.29, 1.82) is 0 Å². The van der Waals surface area contributed by atoms with Gasteiger partial charge in [0.15, 0.2) is 0 Å². The average Bonchev–Trinajstić information content (AvgIpc) is 1.14. The van der Waals surface area contributed by atoms with Crippen LogP contribution in [0.3, 0.4) is 0 Å². The Labute approximate surface area is 59.1 Å². The standard InChI is InChI=1S/BrHO6S2/c1-8(2,3)7-9(4,5)6/h(H,4,5,6). The van der Waals surface area contributed by atoms with Gasteiger partial charge >= 0.3 is 19.0 Å². The van der Waals surface area contributed by atoms with Gasteiger partial charge in [-0.3, -0.25) is 4.55 Å². The van der Waals surface area contributed by atoms with E-state index in [0.29, 0.717) is 0 Å². The lowest BCUT2D eigenvalue weighted by Crippen LogP contribution is -2.05. The maximum Gasteiger partial charge on any atom is 0.412 e. The van der Waals surface area contributed by atoms with E-state index < -0.39 is 19.0 Å². The van der Waals surface area contributed by atoms with E-state index >= 15 is 0 Å². The minimum Gasteiger partial charge on any atom is -0.263 e. The molecule has 0 heterocycles. The molecule has 1 N–H and O–H groups in total. The van der Waals surface area contributed by atoms with Crippen LogP contribution in [0.4, 0.5) is 0 Å². The highest BCUT2D eigenvalue weighted by Gasteiger charge is 2.15. The van der Waals surface area contributed by atoms with Crippen molar-refractivity contribution in [1.82, 2.24) is 0 Å². The van der Waals surface area contributed by atoms with Crippen molar-refractivity contribution >= 4 is 33.8 Å². The van der Waals surface area contributed by atoms with E-state index in [9.17, 15) is 16.8 Å². The first-order chi connectivity index (χ1) is 3.71. The summed E-state index contributed by atoms with van der Waals surface area (Å²) in [7, 11) is -9.22. The molecule has 0 aliphatic heterocycles. The first-order valence-corrected chi connectivity index (χ1v) is 5.95. The summed E-state index contributed by atoms with van der Waals surface area (Å²) in [6, 6.07) is 0. The van der Waals surface area contributed by atoms with Crippen molar-refractivity contribution in [3.8, 4) is 0 Å². The molecule has 0 rings (SSSR count). The monoisotopic (exact) mass is 240 g/mol. The Bertz CT molecular complexity index is 236. The molecular weight excluding hydrogens is 240 g/mol. The Balaban J connectivity index is 4.46. The molecule has 0 spiro atoms. The van der Waals surface area contributed by atoms with Crippen LogP contribution in [-0.2, 0) is 22.6 Å². The number of hydrogen-bond donors (Lipinski definition) is 1. The summed E-state index contributed by atoms with van der Waals surface area (Å²) in [5.41, 5.74) is 0. The molecule has 0 radical (unpaired) electrons. The second kappa shape index (κ2) is 2.50. The third-order valence-corrected chi connectivity index (χ3v) is 2.48. The molecule has 0 saturated carbocycles. The van der Waals surface area contributed by atoms with Crippen molar-refractivity contribution < 1.29 is 25.0 Å². The van der Waals surface area contributed by atoms with Gasteiger partial charge < -0.3 is 0 Å². The molecule has 0 aliphatic rings. The number of halogens is 1. The molecule has 0 saturated heterocycles. The third-order valence-electron chi connectivity index (χ3n) is 0.167. The molecule has 0 aromatic rings. The van der Waals surface area contributed by atoms with Gasteiger partial charge in [0.2, 0.25) is 0 Å². The van der Waals surface area contributed by atoms with Crippen LogP contribution in [0.15, 0.2) is 0 Å². The molecule has 6 nitrogen and oxygen atoms in total. The van der Waals surface area contributed by atoms with Crippen LogP contribution in [0.1, 0.15) is 0 Å². The minimum absolute atomic E-state index is 1.83. The zero-order valence-corrected chi connectivity index (χ0v) is 6.90. The van der Waals surface area contributed by atoms with Gasteiger partial charge in [-0.2, -0.15) is 16.8 Å². The summed E-state index contributed by atoms with van der Waals surface area (Å²) in [5.74, 6) is 0. The molecular formula is HBrO6S2. The fraction of sp³-hybridized carbons (Fsp3) is 0. The molecule has 0 unspecified atom stereocenters. The van der Waals surface area contributed by atoms with Crippen LogP contribution in [0.5, 0.6) is 0 Å². The van der Waals surface area contributed by atoms with E-state index in [0.717, 1.165) is 0 Å². The fourth-order valence-electron chi connectivity index (χ4n) is 0.103. The molecule has 9 heavy (non-hydrogen) atoms. The highest BCUT2D eigenvalue weighted by atomic mass is 79.9. The molecule has 0 fully saturated rings. The van der Waals surface area contributed by atoms with Gasteiger partial charge in [0.25, 0.3) is 0 Å². The lowest BCUT2D eigenvalue weighted by molar-refractivity contribution is 0.390. The first-order valence-electron chi connectivity index (χ1n) is 1.34. The van der Waals surface area contributed by atoms with Crippen molar-refractivity contribution in [2.75, 3.05) is 0 Å². The Morgan fingerprint density at radius 3 is 1.56 bits per heavy atom. The van der Waals surface area contributed by atoms with E-state index in [1.165, 1.54) is 0 Å². The third kappa shape index (κ3) is 8.30. The molecule has 0 aromatic heterocycles. The normalized spacial score (nSPS) is 13.6. The van der Waals surface area contributed by atoms with E-state index in [1.807, 2.05) is 14.8 Å². The zero-order valence-electron chi connectivity index (χ0n) is 3.68. The summed E-state index contributed by atoms with van der Waals surface area (Å²) in [6.45, 7) is 0. The summed E-state index contributed by atoms with van der Waals surface area (Å²) < 4.78 is 49.5. The van der Waals surface area contributed by atoms with Crippen molar-refractivity contribution in [3.05, 3.63) is 0 Å². The summed E-state index contributed by atoms with van der Waals surface area (Å²) >= 11 is 1.83. The van der Waals surface area contributed by atoms with Gasteiger partial charge in [0.05, 0.1) is 14.8 Å². The van der Waals surface area contributed by atoms with Crippen LogP contribution >= 0.6 is 14.8 Å². The largest absolute Gasteiger partial charge is 0.412 e. The smallest absolute Gasteiger partial charge is 0.263 e. The SMILES string of the molecule is O=S(=O)(O)OS(=O)(=O)Br. The average molecular weight is 241 g/mol. The minimum atomic E-state index is -4.92. The molecule has 0 bridgehead atoms. The maximum atomic E-state index is 9.80. The molecule has 0 atom stereocenters. The van der Waals surface area contributed by atoms with Crippen LogP contribution in [0.2, 0.25) is 0 Å². The van der Waals surface area contributed by atoms with Crippen molar-refractivity contribution in [3.63, 3.8) is 0 Å². The predicted molar refractivity (Wildman–Crippen MR) is 30.5 cm³/mol. The quantitative estimate of drug-likeness (QED) is 0.514. The molecule has 56 valence electrons. The first kappa shape index (κ1) is 9.30. The molecule has 0 aromatic carbocycles. The van der Waals surface area contributed by atoms with Crippen LogP contribution in [-0.4, -0.2) is 21.4 Å². The second-order valence-electron chi connectivity index (χ2n) is 0.889. The summed E-state index contributed by atoms with van der Waals surface area (Å²) in [4.78, 5) is 0.